The van der Waals surface area contributed by atoms with Gasteiger partial charge in [0.05, 0.1) is 0 Å². The average Bonchev–Trinajstić information content (AvgIpc) is 3.31. The van der Waals surface area contributed by atoms with Crippen molar-refractivity contribution in [2.45, 2.75) is 36.5 Å². The van der Waals surface area contributed by atoms with Crippen molar-refractivity contribution >= 4 is 17.6 Å². The van der Waals surface area contributed by atoms with Crippen LogP contribution in [-0.2, 0) is 5.75 Å². The topological polar surface area (TPSA) is 63.8 Å². The van der Waals surface area contributed by atoms with E-state index in [2.05, 4.69) is 46.6 Å². The van der Waals surface area contributed by atoms with Crippen molar-refractivity contribution in [3.63, 3.8) is 0 Å². The molecule has 0 atom stereocenters. The molecule has 0 amide bonds. The number of rotatable bonds is 5. The number of thioether (sulfide) groups is 1. The van der Waals surface area contributed by atoms with Gasteiger partial charge in [-0.25, -0.2) is 15.8 Å². The number of nitrogen functional groups attached to an aromatic ring is 1. The van der Waals surface area contributed by atoms with Crippen LogP contribution in [0.4, 0.5) is 5.82 Å². The van der Waals surface area contributed by atoms with E-state index in [4.69, 9.17) is 5.84 Å². The molecule has 0 unspecified atom stereocenters. The number of nitrogens with two attached hydrogens (primary N) is 1. The van der Waals surface area contributed by atoms with E-state index in [1.807, 2.05) is 6.07 Å². The predicted molar refractivity (Wildman–Crippen MR) is 82.6 cm³/mol. The van der Waals surface area contributed by atoms with Crippen molar-refractivity contribution in [1.29, 1.82) is 0 Å². The number of hydrogen-bond donors (Lipinski definition) is 2. The molecule has 1 aliphatic carbocycles. The third-order valence-corrected chi connectivity index (χ3v) is 4.41. The van der Waals surface area contributed by atoms with Crippen LogP contribution in [-0.4, -0.2) is 9.97 Å². The monoisotopic (exact) mass is 286 g/mol. The molecule has 104 valence electrons. The molecule has 1 aromatic carbocycles. The zero-order chi connectivity index (χ0) is 13.9. The van der Waals surface area contributed by atoms with Gasteiger partial charge in [-0.2, -0.15) is 0 Å². The Morgan fingerprint density at radius 2 is 2.10 bits per heavy atom. The van der Waals surface area contributed by atoms with Crippen LogP contribution in [0.15, 0.2) is 35.4 Å². The molecule has 2 aromatic rings. The summed E-state index contributed by atoms with van der Waals surface area (Å²) in [4.78, 5) is 9.07. The highest BCUT2D eigenvalue weighted by atomic mass is 32.2. The van der Waals surface area contributed by atoms with Crippen LogP contribution in [0.3, 0.4) is 0 Å². The van der Waals surface area contributed by atoms with Gasteiger partial charge < -0.3 is 5.43 Å². The minimum absolute atomic E-state index is 0.529. The zero-order valence-electron chi connectivity index (χ0n) is 11.5. The van der Waals surface area contributed by atoms with E-state index in [1.165, 1.54) is 24.0 Å². The smallest absolute Gasteiger partial charge is 0.144 e. The van der Waals surface area contributed by atoms with E-state index >= 15 is 0 Å². The van der Waals surface area contributed by atoms with E-state index in [0.29, 0.717) is 11.7 Å². The molecule has 0 aliphatic heterocycles. The Bertz CT molecular complexity index is 611. The average molecular weight is 286 g/mol. The molecule has 5 heteroatoms. The van der Waals surface area contributed by atoms with Crippen LogP contribution in [0.2, 0.25) is 0 Å². The Kier molecular flexibility index (Phi) is 3.89. The summed E-state index contributed by atoms with van der Waals surface area (Å²) < 4.78 is 0. The Balaban J connectivity index is 1.76. The van der Waals surface area contributed by atoms with E-state index in [-0.39, 0.29) is 0 Å². The SMILES string of the molecule is Cc1ccccc1CSc1cc(NN)nc(C2CC2)n1. The first-order valence-corrected chi connectivity index (χ1v) is 7.77. The third kappa shape index (κ3) is 3.11. The molecule has 1 aromatic heterocycles. The van der Waals surface area contributed by atoms with Gasteiger partial charge in [-0.1, -0.05) is 24.3 Å². The first-order chi connectivity index (χ1) is 9.76. The molecular weight excluding hydrogens is 268 g/mol. The molecule has 1 fully saturated rings. The highest BCUT2D eigenvalue weighted by molar-refractivity contribution is 7.98. The minimum atomic E-state index is 0.529. The van der Waals surface area contributed by atoms with Crippen molar-refractivity contribution in [3.05, 3.63) is 47.3 Å². The number of benzene rings is 1. The van der Waals surface area contributed by atoms with Gasteiger partial charge in [-0.3, -0.25) is 0 Å². The maximum absolute atomic E-state index is 5.49. The van der Waals surface area contributed by atoms with Crippen molar-refractivity contribution in [1.82, 2.24) is 9.97 Å². The standard InChI is InChI=1S/C15H18N4S/c1-10-4-2-3-5-12(10)9-20-14-8-13(19-16)17-15(18-14)11-6-7-11/h2-5,8,11H,6-7,9,16H2,1H3,(H,17,18,19). The normalized spacial score (nSPS) is 14.3. The number of hydrazine groups is 1. The van der Waals surface area contributed by atoms with E-state index in [0.717, 1.165) is 16.6 Å². The second-order valence-electron chi connectivity index (χ2n) is 5.08. The molecule has 20 heavy (non-hydrogen) atoms. The van der Waals surface area contributed by atoms with Crippen LogP contribution in [0.25, 0.3) is 0 Å². The summed E-state index contributed by atoms with van der Waals surface area (Å²) in [5, 5.41) is 0.984. The summed E-state index contributed by atoms with van der Waals surface area (Å²) in [7, 11) is 0. The molecule has 0 spiro atoms. The fraction of sp³-hybridized carbons (Fsp3) is 0.333. The molecule has 1 saturated carbocycles. The maximum Gasteiger partial charge on any atom is 0.144 e. The van der Waals surface area contributed by atoms with Gasteiger partial charge in [-0.05, 0) is 30.9 Å². The fourth-order valence-electron chi connectivity index (χ4n) is 2.04. The van der Waals surface area contributed by atoms with Gasteiger partial charge in [0.1, 0.15) is 16.7 Å². The summed E-state index contributed by atoms with van der Waals surface area (Å²) in [6.07, 6.45) is 2.38. The van der Waals surface area contributed by atoms with Crippen LogP contribution in [0.1, 0.15) is 35.7 Å². The van der Waals surface area contributed by atoms with Gasteiger partial charge in [0.2, 0.25) is 0 Å². The lowest BCUT2D eigenvalue weighted by Gasteiger charge is -2.08. The molecule has 0 saturated heterocycles. The van der Waals surface area contributed by atoms with E-state index in [1.54, 1.807) is 11.8 Å². The maximum atomic E-state index is 5.49. The quantitative estimate of drug-likeness (QED) is 0.382. The number of nitrogens with one attached hydrogen (secondary N) is 1. The number of hydrogen-bond acceptors (Lipinski definition) is 5. The number of nitrogens with zero attached hydrogens (tertiary/aromatic N) is 2. The third-order valence-electron chi connectivity index (χ3n) is 3.45. The van der Waals surface area contributed by atoms with Gasteiger partial charge in [0.15, 0.2) is 0 Å². The zero-order valence-corrected chi connectivity index (χ0v) is 12.3. The largest absolute Gasteiger partial charge is 0.308 e. The molecule has 4 nitrogen and oxygen atoms in total. The van der Waals surface area contributed by atoms with Gasteiger partial charge in [0, 0.05) is 17.7 Å². The van der Waals surface area contributed by atoms with E-state index < -0.39 is 0 Å². The Morgan fingerprint density at radius 1 is 1.30 bits per heavy atom. The van der Waals surface area contributed by atoms with Crippen molar-refractivity contribution < 1.29 is 0 Å². The number of anilines is 1. The highest BCUT2D eigenvalue weighted by Gasteiger charge is 2.27. The lowest BCUT2D eigenvalue weighted by molar-refractivity contribution is 0.878. The Labute approximate surface area is 123 Å². The summed E-state index contributed by atoms with van der Waals surface area (Å²) in [6, 6.07) is 10.3. The summed E-state index contributed by atoms with van der Waals surface area (Å²) >= 11 is 1.73. The second kappa shape index (κ2) is 5.81. The first kappa shape index (κ1) is 13.4. The second-order valence-corrected chi connectivity index (χ2v) is 6.08. The first-order valence-electron chi connectivity index (χ1n) is 6.79. The summed E-state index contributed by atoms with van der Waals surface area (Å²) in [6.45, 7) is 2.14. The van der Waals surface area contributed by atoms with Crippen molar-refractivity contribution in [2.75, 3.05) is 5.43 Å². The summed E-state index contributed by atoms with van der Waals surface area (Å²) in [5.41, 5.74) is 5.29. The number of aromatic nitrogens is 2. The molecule has 0 radical (unpaired) electrons. The molecule has 1 aliphatic rings. The van der Waals surface area contributed by atoms with E-state index in [9.17, 15) is 0 Å². The minimum Gasteiger partial charge on any atom is -0.308 e. The highest BCUT2D eigenvalue weighted by Crippen LogP contribution is 2.39. The van der Waals surface area contributed by atoms with Crippen LogP contribution in [0, 0.1) is 6.92 Å². The molecule has 3 N–H and O–H groups in total. The molecule has 1 heterocycles. The van der Waals surface area contributed by atoms with Gasteiger partial charge >= 0.3 is 0 Å². The summed E-state index contributed by atoms with van der Waals surface area (Å²) in [5.74, 6) is 8.56. The van der Waals surface area contributed by atoms with Crippen LogP contribution < -0.4 is 11.3 Å². The van der Waals surface area contributed by atoms with Crippen molar-refractivity contribution in [2.24, 2.45) is 5.84 Å². The molecular formula is C15H18N4S. The predicted octanol–water partition coefficient (Wildman–Crippen LogP) is 3.24. The lowest BCUT2D eigenvalue weighted by atomic mass is 10.1. The van der Waals surface area contributed by atoms with Crippen LogP contribution >= 0.6 is 11.8 Å². The van der Waals surface area contributed by atoms with Crippen LogP contribution in [0.5, 0.6) is 0 Å². The molecule has 3 rings (SSSR count). The van der Waals surface area contributed by atoms with Crippen molar-refractivity contribution in [3.8, 4) is 0 Å². The fourth-order valence-corrected chi connectivity index (χ4v) is 3.02. The lowest BCUT2D eigenvalue weighted by Crippen LogP contribution is -2.10. The van der Waals surface area contributed by atoms with Gasteiger partial charge in [-0.15, -0.1) is 11.8 Å². The number of aryl methyl sites for hydroxylation is 1. The van der Waals surface area contributed by atoms with Gasteiger partial charge in [0.25, 0.3) is 0 Å². The Morgan fingerprint density at radius 3 is 2.80 bits per heavy atom. The Hall–Kier alpha value is -1.59. The molecule has 0 bridgehead atoms.